The van der Waals surface area contributed by atoms with E-state index in [9.17, 15) is 9.00 Å². The molecule has 0 spiro atoms. The van der Waals surface area contributed by atoms with Crippen LogP contribution in [0.2, 0.25) is 10.2 Å². The summed E-state index contributed by atoms with van der Waals surface area (Å²) in [6, 6.07) is 6.32. The summed E-state index contributed by atoms with van der Waals surface area (Å²) < 4.78 is 24.0. The third-order valence-corrected chi connectivity index (χ3v) is 6.44. The van der Waals surface area contributed by atoms with Crippen LogP contribution in [0.15, 0.2) is 30.5 Å². The Morgan fingerprint density at radius 3 is 2.81 bits per heavy atom. The molecule has 8 nitrogen and oxygen atoms in total. The van der Waals surface area contributed by atoms with Crippen molar-refractivity contribution >= 4 is 50.4 Å². The minimum Gasteiger partial charge on any atom is -0.330 e. The topological polar surface area (TPSA) is 103 Å². The Morgan fingerprint density at radius 1 is 1.29 bits per heavy atom. The molecule has 0 radical (unpaired) electrons. The van der Waals surface area contributed by atoms with Crippen LogP contribution in [0.5, 0.6) is 0 Å². The number of nitrogens with zero attached hydrogens (tertiary/aromatic N) is 4. The minimum absolute atomic E-state index is 0.240. The molecule has 0 aliphatic carbocycles. The minimum atomic E-state index is -3.07. The number of anilines is 1. The fraction of sp³-hybridized carbons (Fsp3) is 0.350. The van der Waals surface area contributed by atoms with Crippen LogP contribution in [0.25, 0.3) is 5.65 Å². The summed E-state index contributed by atoms with van der Waals surface area (Å²) >= 11 is 12.3. The molecule has 2 N–H and O–H groups in total. The van der Waals surface area contributed by atoms with Crippen LogP contribution < -0.4 is 4.72 Å². The fourth-order valence-electron chi connectivity index (χ4n) is 3.80. The van der Waals surface area contributed by atoms with E-state index in [4.69, 9.17) is 28.0 Å². The Morgan fingerprint density at radius 2 is 2.06 bits per heavy atom. The van der Waals surface area contributed by atoms with Crippen LogP contribution in [0.1, 0.15) is 46.9 Å². The predicted octanol–water partition coefficient (Wildman–Crippen LogP) is 4.72. The normalized spacial score (nSPS) is 18.7. The number of likely N-dealkylation sites (tertiary alicyclic amines) is 1. The zero-order valence-electron chi connectivity index (χ0n) is 17.1. The van der Waals surface area contributed by atoms with Crippen molar-refractivity contribution in [3.63, 3.8) is 0 Å². The van der Waals surface area contributed by atoms with Gasteiger partial charge in [-0.15, -0.1) is 0 Å². The molecular formula is C20H22Cl2N6O2S. The summed E-state index contributed by atoms with van der Waals surface area (Å²) in [5.41, 5.74) is 2.77. The summed E-state index contributed by atoms with van der Waals surface area (Å²) in [7, 11) is -3.07. The van der Waals surface area contributed by atoms with E-state index in [1.807, 2.05) is 19.2 Å². The highest BCUT2D eigenvalue weighted by atomic mass is 35.5. The highest BCUT2D eigenvalue weighted by Gasteiger charge is 2.32. The van der Waals surface area contributed by atoms with Crippen LogP contribution in [0.4, 0.5) is 5.69 Å². The van der Waals surface area contributed by atoms with Crippen LogP contribution >= 0.6 is 23.2 Å². The molecule has 1 unspecified atom stereocenters. The molecule has 1 amide bonds. The third-order valence-electron chi connectivity index (χ3n) is 5.21. The van der Waals surface area contributed by atoms with Crippen molar-refractivity contribution < 1.29 is 9.00 Å². The van der Waals surface area contributed by atoms with Gasteiger partial charge in [-0.3, -0.25) is 9.52 Å². The molecule has 1 aromatic carbocycles. The Balaban J connectivity index is 1.73. The fourth-order valence-corrected chi connectivity index (χ4v) is 4.70. The lowest BCUT2D eigenvalue weighted by Gasteiger charge is -2.35. The number of nitrogens with one attached hydrogen (secondary N) is 2. The number of aryl methyl sites for hydroxylation is 1. The van der Waals surface area contributed by atoms with Crippen molar-refractivity contribution in [2.45, 2.75) is 32.2 Å². The molecular weight excluding hydrogens is 459 g/mol. The van der Waals surface area contributed by atoms with E-state index < -0.39 is 9.92 Å². The Bertz CT molecular complexity index is 1240. The molecule has 11 heteroatoms. The van der Waals surface area contributed by atoms with Gasteiger partial charge in [0.15, 0.2) is 5.65 Å². The first-order valence-electron chi connectivity index (χ1n) is 9.77. The Kier molecular flexibility index (Phi) is 5.85. The first-order valence-corrected chi connectivity index (χ1v) is 12.5. The van der Waals surface area contributed by atoms with Crippen LogP contribution in [-0.4, -0.2) is 42.4 Å². The van der Waals surface area contributed by atoms with Gasteiger partial charge in [-0.05, 0) is 44.4 Å². The molecule has 1 saturated heterocycles. The van der Waals surface area contributed by atoms with Gasteiger partial charge in [-0.1, -0.05) is 23.2 Å². The van der Waals surface area contributed by atoms with Gasteiger partial charge in [0.1, 0.15) is 15.1 Å². The van der Waals surface area contributed by atoms with Crippen molar-refractivity contribution in [3.8, 4) is 0 Å². The maximum Gasteiger partial charge on any atom is 0.256 e. The highest BCUT2D eigenvalue weighted by molar-refractivity contribution is 7.93. The molecule has 2 aromatic heterocycles. The van der Waals surface area contributed by atoms with Gasteiger partial charge in [0.2, 0.25) is 0 Å². The molecule has 4 rings (SSSR count). The number of benzene rings is 1. The van der Waals surface area contributed by atoms with Gasteiger partial charge in [0.05, 0.1) is 23.0 Å². The average molecular weight is 481 g/mol. The number of carbonyl (C=O) groups is 1. The molecule has 1 aliphatic heterocycles. The van der Waals surface area contributed by atoms with Gasteiger partial charge >= 0.3 is 0 Å². The van der Waals surface area contributed by atoms with Crippen molar-refractivity contribution in [2.24, 2.45) is 0 Å². The summed E-state index contributed by atoms with van der Waals surface area (Å²) in [5, 5.41) is 5.45. The largest absolute Gasteiger partial charge is 0.330 e. The maximum atomic E-state index is 13.6. The number of carbonyl (C=O) groups excluding carboxylic acids is 1. The average Bonchev–Trinajstić information content (AvgIpc) is 3.10. The number of fused-ring (bicyclic) bond motifs is 1. The van der Waals surface area contributed by atoms with Crippen LogP contribution in [0.3, 0.4) is 0 Å². The highest BCUT2D eigenvalue weighted by Crippen LogP contribution is 2.34. The molecule has 0 bridgehead atoms. The van der Waals surface area contributed by atoms with E-state index in [2.05, 4.69) is 14.8 Å². The summed E-state index contributed by atoms with van der Waals surface area (Å²) in [6.07, 6.45) is 5.66. The van der Waals surface area contributed by atoms with Gasteiger partial charge in [0.25, 0.3) is 5.91 Å². The lowest BCUT2D eigenvalue weighted by Crippen LogP contribution is -2.39. The van der Waals surface area contributed by atoms with E-state index in [0.29, 0.717) is 28.1 Å². The monoisotopic (exact) mass is 480 g/mol. The molecule has 164 valence electrons. The molecule has 3 heterocycles. The molecule has 1 fully saturated rings. The first-order chi connectivity index (χ1) is 14.6. The predicted molar refractivity (Wildman–Crippen MR) is 122 cm³/mol. The lowest BCUT2D eigenvalue weighted by atomic mass is 9.98. The van der Waals surface area contributed by atoms with Crippen LogP contribution in [0, 0.1) is 11.7 Å². The van der Waals surface area contributed by atoms with E-state index in [1.165, 1.54) is 12.3 Å². The van der Waals surface area contributed by atoms with E-state index >= 15 is 0 Å². The third kappa shape index (κ3) is 4.63. The molecule has 31 heavy (non-hydrogen) atoms. The van der Waals surface area contributed by atoms with Crippen molar-refractivity contribution in [2.75, 3.05) is 17.5 Å². The van der Waals surface area contributed by atoms with Gasteiger partial charge in [-0.2, -0.15) is 5.10 Å². The summed E-state index contributed by atoms with van der Waals surface area (Å²) in [6.45, 7) is 2.41. The van der Waals surface area contributed by atoms with Gasteiger partial charge in [0, 0.05) is 35.6 Å². The van der Waals surface area contributed by atoms with Crippen molar-refractivity contribution in [1.82, 2.24) is 19.5 Å². The van der Waals surface area contributed by atoms with E-state index in [1.54, 1.807) is 21.5 Å². The number of aromatic nitrogens is 3. The van der Waals surface area contributed by atoms with Crippen molar-refractivity contribution in [1.29, 1.82) is 4.78 Å². The number of amides is 1. The molecule has 2 atom stereocenters. The zero-order valence-corrected chi connectivity index (χ0v) is 19.4. The van der Waals surface area contributed by atoms with Gasteiger partial charge in [-0.25, -0.2) is 18.5 Å². The van der Waals surface area contributed by atoms with E-state index in [0.717, 1.165) is 30.5 Å². The number of halogens is 2. The second-order valence-corrected chi connectivity index (χ2v) is 10.4. The molecule has 3 aromatic rings. The first kappa shape index (κ1) is 21.9. The van der Waals surface area contributed by atoms with E-state index in [-0.39, 0.29) is 17.5 Å². The Hall–Kier alpha value is -2.36. The second kappa shape index (κ2) is 8.29. The quantitative estimate of drug-likeness (QED) is 0.527. The Labute approximate surface area is 190 Å². The number of hydrogen-bond donors (Lipinski definition) is 2. The van der Waals surface area contributed by atoms with Crippen molar-refractivity contribution in [3.05, 3.63) is 57.5 Å². The molecule has 0 saturated carbocycles. The zero-order chi connectivity index (χ0) is 22.3. The maximum absolute atomic E-state index is 13.6. The smallest absolute Gasteiger partial charge is 0.256 e. The summed E-state index contributed by atoms with van der Waals surface area (Å²) in [4.78, 5) is 19.7. The summed E-state index contributed by atoms with van der Waals surface area (Å²) in [5.74, 6) is -0.252. The second-order valence-electron chi connectivity index (χ2n) is 7.73. The number of piperidine rings is 1. The number of hydrogen-bond acceptors (Lipinski definition) is 5. The number of rotatable bonds is 4. The lowest BCUT2D eigenvalue weighted by molar-refractivity contribution is 0.0607. The SMILES string of the molecule is Cc1cn2nc([C@@H]3CCCCN3C(=O)c3cc(Cl)ccc3NS(C)(=N)=O)cc2nc1Cl. The standard InChI is InChI=1S/C20H22Cl2N6O2S/c1-12-11-28-18(24-19(12)22)10-16(25-28)17-5-3-4-8-27(17)20(29)14-9-13(21)6-7-15(14)26-31(2,23)30/h6-7,9-11,17H,3-5,8H2,1-2H3,(H2,23,26,30)/t17-,31?/m0/s1. The molecule has 1 aliphatic rings. The van der Waals surface area contributed by atoms with Crippen LogP contribution in [-0.2, 0) is 9.92 Å². The van der Waals surface area contributed by atoms with Gasteiger partial charge < -0.3 is 4.90 Å².